The van der Waals surface area contributed by atoms with Crippen LogP contribution in [0, 0.1) is 10.1 Å². The molecule has 1 amide bonds. The third-order valence-electron chi connectivity index (χ3n) is 4.58. The summed E-state index contributed by atoms with van der Waals surface area (Å²) in [5.74, 6) is -0.0537. The lowest BCUT2D eigenvalue weighted by atomic mass is 10.0. The van der Waals surface area contributed by atoms with E-state index in [0.29, 0.717) is 30.8 Å². The summed E-state index contributed by atoms with van der Waals surface area (Å²) >= 11 is 1.70. The smallest absolute Gasteiger partial charge is 0.292 e. The highest BCUT2D eigenvalue weighted by atomic mass is 32.1. The molecule has 0 unspecified atom stereocenters. The van der Waals surface area contributed by atoms with E-state index in [1.807, 2.05) is 12.1 Å². The number of thiophene rings is 1. The van der Waals surface area contributed by atoms with E-state index in [4.69, 9.17) is 0 Å². The van der Waals surface area contributed by atoms with Gasteiger partial charge in [-0.2, -0.15) is 0 Å². The maximum atomic E-state index is 11.6. The number of carbonyl (C=O) groups excluding carboxylic acids is 1. The van der Waals surface area contributed by atoms with Gasteiger partial charge in [0.25, 0.3) is 5.69 Å². The lowest BCUT2D eigenvalue weighted by Gasteiger charge is -2.18. The average molecular weight is 367 g/mol. The minimum Gasteiger partial charge on any atom is -0.379 e. The van der Waals surface area contributed by atoms with Crippen LogP contribution in [-0.2, 0) is 17.6 Å². The van der Waals surface area contributed by atoms with Gasteiger partial charge in [-0.25, -0.2) is 0 Å². The molecule has 1 aliphatic heterocycles. The van der Waals surface area contributed by atoms with Crippen LogP contribution in [0.4, 0.5) is 17.1 Å². The van der Waals surface area contributed by atoms with E-state index in [2.05, 4.69) is 28.1 Å². The second kappa shape index (κ2) is 6.76. The largest absolute Gasteiger partial charge is 0.379 e. The molecular weight excluding hydrogens is 350 g/mol. The van der Waals surface area contributed by atoms with Crippen molar-refractivity contribution in [1.29, 1.82) is 0 Å². The van der Waals surface area contributed by atoms with Gasteiger partial charge in [-0.3, -0.25) is 14.9 Å². The topological polar surface area (TPSA) is 84.3 Å². The third-order valence-corrected chi connectivity index (χ3v) is 5.60. The van der Waals surface area contributed by atoms with E-state index < -0.39 is 0 Å². The molecule has 0 saturated carbocycles. The molecule has 0 radical (unpaired) electrons. The van der Waals surface area contributed by atoms with Gasteiger partial charge >= 0.3 is 0 Å². The van der Waals surface area contributed by atoms with Crippen molar-refractivity contribution in [3.05, 3.63) is 63.0 Å². The molecule has 0 bridgehead atoms. The van der Waals surface area contributed by atoms with Crippen LogP contribution in [-0.4, -0.2) is 17.4 Å². The minimum atomic E-state index is -0.376. The number of hydrogen-bond acceptors (Lipinski definition) is 5. The Bertz CT molecular complexity index is 1010. The molecule has 0 aliphatic carbocycles. The van der Waals surface area contributed by atoms with Crippen molar-refractivity contribution in [2.45, 2.75) is 19.3 Å². The summed E-state index contributed by atoms with van der Waals surface area (Å²) in [5.41, 5.74) is 3.19. The van der Waals surface area contributed by atoms with Crippen molar-refractivity contribution < 1.29 is 9.72 Å². The Morgan fingerprint density at radius 1 is 1.23 bits per heavy atom. The fourth-order valence-electron chi connectivity index (χ4n) is 3.27. The summed E-state index contributed by atoms with van der Waals surface area (Å²) in [7, 11) is 0. The summed E-state index contributed by atoms with van der Waals surface area (Å²) in [4.78, 5) is 22.6. The van der Waals surface area contributed by atoms with E-state index in [0.717, 1.165) is 12.0 Å². The molecule has 2 N–H and O–H groups in total. The van der Waals surface area contributed by atoms with Crippen molar-refractivity contribution in [2.75, 3.05) is 17.2 Å². The normalized spacial score (nSPS) is 13.3. The van der Waals surface area contributed by atoms with Crippen LogP contribution in [0.3, 0.4) is 0 Å². The summed E-state index contributed by atoms with van der Waals surface area (Å²) in [5, 5.41) is 20.7. The van der Waals surface area contributed by atoms with Gasteiger partial charge in [0, 0.05) is 29.4 Å². The molecule has 7 heteroatoms. The van der Waals surface area contributed by atoms with Gasteiger partial charge in [0.2, 0.25) is 5.91 Å². The average Bonchev–Trinajstić information content (AvgIpc) is 3.04. The van der Waals surface area contributed by atoms with Crippen LogP contribution in [0.15, 0.2) is 41.8 Å². The molecule has 132 valence electrons. The number of rotatable bonds is 5. The number of anilines is 2. The number of benzene rings is 2. The molecule has 4 rings (SSSR count). The zero-order valence-corrected chi connectivity index (χ0v) is 14.8. The number of nitro benzene ring substituents is 1. The fraction of sp³-hybridized carbons (Fsp3) is 0.211. The van der Waals surface area contributed by atoms with Crippen LogP contribution in [0.1, 0.15) is 17.5 Å². The number of nitrogens with one attached hydrogen (secondary N) is 2. The van der Waals surface area contributed by atoms with Crippen LogP contribution >= 0.6 is 11.3 Å². The Labute approximate surface area is 154 Å². The lowest BCUT2D eigenvalue weighted by Crippen LogP contribution is -2.19. The number of amides is 1. The fourth-order valence-corrected chi connectivity index (χ4v) is 4.26. The molecule has 0 fully saturated rings. The van der Waals surface area contributed by atoms with Crippen molar-refractivity contribution >= 4 is 44.4 Å². The number of fused-ring (bicyclic) bond motifs is 2. The van der Waals surface area contributed by atoms with Crippen molar-refractivity contribution in [2.24, 2.45) is 0 Å². The highest BCUT2D eigenvalue weighted by molar-refractivity contribution is 7.17. The first-order chi connectivity index (χ1) is 12.6. The van der Waals surface area contributed by atoms with Gasteiger partial charge < -0.3 is 10.6 Å². The molecule has 0 saturated heterocycles. The van der Waals surface area contributed by atoms with E-state index in [-0.39, 0.29) is 16.5 Å². The minimum absolute atomic E-state index is 0.0510. The number of carbonyl (C=O) groups is 1. The maximum absolute atomic E-state index is 11.6. The summed E-state index contributed by atoms with van der Waals surface area (Å²) < 4.78 is 1.24. The predicted molar refractivity (Wildman–Crippen MR) is 104 cm³/mol. The molecular formula is C19H17N3O3S. The second-order valence-corrected chi connectivity index (χ2v) is 7.18. The van der Waals surface area contributed by atoms with E-state index in [1.54, 1.807) is 23.5 Å². The Hall–Kier alpha value is -2.93. The highest BCUT2D eigenvalue weighted by Gasteiger charge is 2.22. The third kappa shape index (κ3) is 3.13. The Morgan fingerprint density at radius 2 is 2.08 bits per heavy atom. The lowest BCUT2D eigenvalue weighted by molar-refractivity contribution is -0.384. The SMILES string of the molecule is O=C1CCc2cc([N+](=O)[O-])c(NCCc3csc4ccccc34)cc2N1. The molecule has 1 aromatic heterocycles. The Kier molecular flexibility index (Phi) is 4.30. The molecule has 2 heterocycles. The number of nitro groups is 1. The number of hydrogen-bond donors (Lipinski definition) is 2. The molecule has 26 heavy (non-hydrogen) atoms. The van der Waals surface area contributed by atoms with Crippen LogP contribution < -0.4 is 10.6 Å². The van der Waals surface area contributed by atoms with Crippen molar-refractivity contribution in [3.8, 4) is 0 Å². The van der Waals surface area contributed by atoms with Crippen LogP contribution in [0.25, 0.3) is 10.1 Å². The van der Waals surface area contributed by atoms with Gasteiger partial charge in [-0.05, 0) is 46.9 Å². The van der Waals surface area contributed by atoms with Gasteiger partial charge in [0.15, 0.2) is 0 Å². The van der Waals surface area contributed by atoms with Gasteiger partial charge in [-0.15, -0.1) is 11.3 Å². The first-order valence-corrected chi connectivity index (χ1v) is 9.30. The van der Waals surface area contributed by atoms with E-state index in [1.165, 1.54) is 15.6 Å². The summed E-state index contributed by atoms with van der Waals surface area (Å²) in [6.45, 7) is 0.578. The van der Waals surface area contributed by atoms with Gasteiger partial charge in [0.05, 0.1) is 4.92 Å². The summed E-state index contributed by atoms with van der Waals surface area (Å²) in [6, 6.07) is 11.5. The molecule has 0 atom stereocenters. The first kappa shape index (κ1) is 16.5. The molecule has 3 aromatic rings. The number of aryl methyl sites for hydroxylation is 1. The quantitative estimate of drug-likeness (QED) is 0.519. The number of nitrogens with zero attached hydrogens (tertiary/aromatic N) is 1. The molecule has 6 nitrogen and oxygen atoms in total. The van der Waals surface area contributed by atoms with Gasteiger partial charge in [-0.1, -0.05) is 18.2 Å². The monoisotopic (exact) mass is 367 g/mol. The van der Waals surface area contributed by atoms with Crippen molar-refractivity contribution in [3.63, 3.8) is 0 Å². The highest BCUT2D eigenvalue weighted by Crippen LogP contribution is 2.34. The zero-order valence-electron chi connectivity index (χ0n) is 14.0. The standard InChI is InChI=1S/C19H17N3O3S/c23-19-6-5-12-9-17(22(24)25)16(10-15(12)21-19)20-8-7-13-11-26-18-4-2-1-3-14(13)18/h1-4,9-11,20H,5-8H2,(H,21,23). The van der Waals surface area contributed by atoms with Crippen LogP contribution in [0.2, 0.25) is 0 Å². The molecule has 1 aliphatic rings. The summed E-state index contributed by atoms with van der Waals surface area (Å²) in [6.07, 6.45) is 1.66. The maximum Gasteiger partial charge on any atom is 0.292 e. The Balaban J connectivity index is 1.54. The predicted octanol–water partition coefficient (Wildman–Crippen LogP) is 4.35. The van der Waals surface area contributed by atoms with E-state index >= 15 is 0 Å². The van der Waals surface area contributed by atoms with Crippen LogP contribution in [0.5, 0.6) is 0 Å². The molecule has 2 aromatic carbocycles. The second-order valence-electron chi connectivity index (χ2n) is 6.27. The van der Waals surface area contributed by atoms with Gasteiger partial charge in [0.1, 0.15) is 5.69 Å². The Morgan fingerprint density at radius 3 is 2.92 bits per heavy atom. The van der Waals surface area contributed by atoms with E-state index in [9.17, 15) is 14.9 Å². The first-order valence-electron chi connectivity index (χ1n) is 8.42. The molecule has 0 spiro atoms. The van der Waals surface area contributed by atoms with Crippen molar-refractivity contribution in [1.82, 2.24) is 0 Å². The zero-order chi connectivity index (χ0) is 18.1.